The number of rotatable bonds is 4. The summed E-state index contributed by atoms with van der Waals surface area (Å²) < 4.78 is 9.71. The molecule has 0 heterocycles. The molecule has 0 aliphatic carbocycles. The number of methoxy groups -OCH3 is 1. The summed E-state index contributed by atoms with van der Waals surface area (Å²) in [5, 5.41) is 10.4. The van der Waals surface area contributed by atoms with Crippen molar-refractivity contribution in [1.82, 2.24) is 0 Å². The van der Waals surface area contributed by atoms with Crippen LogP contribution in [0.25, 0.3) is 0 Å². The number of nitro groups is 1. The topological polar surface area (TPSA) is 61.6 Å². The molecule has 6 heteroatoms. The molecular weight excluding hydrogens is 210 g/mol. The first-order valence-corrected chi connectivity index (χ1v) is 4.08. The van der Waals surface area contributed by atoms with E-state index in [1.165, 1.54) is 25.3 Å². The van der Waals surface area contributed by atoms with E-state index in [1.807, 2.05) is 0 Å². The Bertz CT molecular complexity index is 342. The Labute approximate surface area is 85.3 Å². The number of hydrogen-bond donors (Lipinski definition) is 0. The second-order valence-corrected chi connectivity index (χ2v) is 2.83. The highest BCUT2D eigenvalue weighted by Crippen LogP contribution is 2.28. The van der Waals surface area contributed by atoms with Gasteiger partial charge in [0.05, 0.1) is 4.92 Å². The Morgan fingerprint density at radius 3 is 2.79 bits per heavy atom. The molecule has 0 atom stereocenters. The van der Waals surface area contributed by atoms with Gasteiger partial charge in [-0.15, -0.1) is 0 Å². The van der Waals surface area contributed by atoms with E-state index in [0.29, 0.717) is 5.75 Å². The van der Waals surface area contributed by atoms with E-state index < -0.39 is 4.92 Å². The molecule has 0 saturated heterocycles. The van der Waals surface area contributed by atoms with Crippen molar-refractivity contribution < 1.29 is 14.4 Å². The fourth-order valence-electron chi connectivity index (χ4n) is 0.852. The first-order chi connectivity index (χ1) is 6.65. The van der Waals surface area contributed by atoms with E-state index in [4.69, 9.17) is 16.3 Å². The van der Waals surface area contributed by atoms with Crippen LogP contribution >= 0.6 is 11.6 Å². The predicted molar refractivity (Wildman–Crippen MR) is 50.6 cm³/mol. The first kappa shape index (κ1) is 10.7. The number of nitrogens with zero attached hydrogens (tertiary/aromatic N) is 1. The summed E-state index contributed by atoms with van der Waals surface area (Å²) in [6.45, 7) is 0.0775. The summed E-state index contributed by atoms with van der Waals surface area (Å²) in [5.74, 6) is 0.433. The molecule has 1 rings (SSSR count). The fourth-order valence-corrected chi connectivity index (χ4v) is 1.09. The SMILES string of the molecule is COCOc1ccc([N+](=O)[O-])c(Cl)c1. The van der Waals surface area contributed by atoms with Crippen LogP contribution in [0, 0.1) is 10.1 Å². The van der Waals surface area contributed by atoms with Crippen LogP contribution in [-0.4, -0.2) is 18.8 Å². The molecule has 14 heavy (non-hydrogen) atoms. The molecule has 0 aliphatic heterocycles. The monoisotopic (exact) mass is 217 g/mol. The van der Waals surface area contributed by atoms with E-state index in [-0.39, 0.29) is 17.5 Å². The second kappa shape index (κ2) is 4.78. The lowest BCUT2D eigenvalue weighted by molar-refractivity contribution is -0.384. The summed E-state index contributed by atoms with van der Waals surface area (Å²) in [6.07, 6.45) is 0. The Morgan fingerprint density at radius 2 is 2.29 bits per heavy atom. The van der Waals surface area contributed by atoms with Crippen LogP contribution in [0.15, 0.2) is 18.2 Å². The number of nitro benzene ring substituents is 1. The van der Waals surface area contributed by atoms with Gasteiger partial charge in [-0.3, -0.25) is 10.1 Å². The summed E-state index contributed by atoms with van der Waals surface area (Å²) in [5.41, 5.74) is -0.142. The molecule has 0 aromatic heterocycles. The third-order valence-corrected chi connectivity index (χ3v) is 1.76. The average Bonchev–Trinajstić information content (AvgIpc) is 2.14. The predicted octanol–water partition coefficient (Wildman–Crippen LogP) is 2.23. The lowest BCUT2D eigenvalue weighted by Gasteiger charge is -2.04. The number of ether oxygens (including phenoxy) is 2. The molecule has 0 unspecified atom stereocenters. The molecule has 0 bridgehead atoms. The molecule has 1 aromatic carbocycles. The van der Waals surface area contributed by atoms with Gasteiger partial charge in [-0.05, 0) is 6.07 Å². The molecule has 76 valence electrons. The Hall–Kier alpha value is -1.33. The molecule has 0 spiro atoms. The van der Waals surface area contributed by atoms with Gasteiger partial charge in [0.25, 0.3) is 5.69 Å². The highest BCUT2D eigenvalue weighted by molar-refractivity contribution is 6.32. The lowest BCUT2D eigenvalue weighted by Crippen LogP contribution is -1.99. The van der Waals surface area contributed by atoms with E-state index in [1.54, 1.807) is 0 Å². The van der Waals surface area contributed by atoms with E-state index in [0.717, 1.165) is 0 Å². The van der Waals surface area contributed by atoms with Crippen LogP contribution in [0.3, 0.4) is 0 Å². The van der Waals surface area contributed by atoms with Crippen LogP contribution in [0.4, 0.5) is 5.69 Å². The van der Waals surface area contributed by atoms with Crippen LogP contribution < -0.4 is 4.74 Å². The van der Waals surface area contributed by atoms with Crippen molar-refractivity contribution in [3.63, 3.8) is 0 Å². The Balaban J connectivity index is 2.83. The summed E-state index contributed by atoms with van der Waals surface area (Å²) >= 11 is 5.64. The minimum absolute atomic E-state index is 0.0450. The van der Waals surface area contributed by atoms with Gasteiger partial charge in [-0.2, -0.15) is 0 Å². The molecular formula is C8H8ClNO4. The highest BCUT2D eigenvalue weighted by Gasteiger charge is 2.12. The molecule has 0 N–H and O–H groups in total. The van der Waals surface area contributed by atoms with Gasteiger partial charge in [-0.25, -0.2) is 0 Å². The maximum Gasteiger partial charge on any atom is 0.288 e. The van der Waals surface area contributed by atoms with Crippen molar-refractivity contribution in [1.29, 1.82) is 0 Å². The molecule has 0 aliphatic rings. The van der Waals surface area contributed by atoms with Crippen molar-refractivity contribution in [2.75, 3.05) is 13.9 Å². The van der Waals surface area contributed by atoms with Crippen molar-refractivity contribution in [3.8, 4) is 5.75 Å². The van der Waals surface area contributed by atoms with Gasteiger partial charge in [0, 0.05) is 19.2 Å². The zero-order valence-corrected chi connectivity index (χ0v) is 8.15. The summed E-state index contributed by atoms with van der Waals surface area (Å²) in [7, 11) is 1.48. The van der Waals surface area contributed by atoms with Crippen molar-refractivity contribution in [2.24, 2.45) is 0 Å². The van der Waals surface area contributed by atoms with Gasteiger partial charge >= 0.3 is 0 Å². The molecule has 0 fully saturated rings. The molecule has 1 aromatic rings. The normalized spacial score (nSPS) is 9.86. The molecule has 0 saturated carbocycles. The quantitative estimate of drug-likeness (QED) is 0.441. The third kappa shape index (κ3) is 2.58. The zero-order chi connectivity index (χ0) is 10.6. The number of halogens is 1. The van der Waals surface area contributed by atoms with E-state index >= 15 is 0 Å². The maximum absolute atomic E-state index is 10.4. The van der Waals surface area contributed by atoms with Crippen molar-refractivity contribution in [3.05, 3.63) is 33.3 Å². The summed E-state index contributed by atoms with van der Waals surface area (Å²) in [4.78, 5) is 9.85. The van der Waals surface area contributed by atoms with Crippen LogP contribution in [-0.2, 0) is 4.74 Å². The largest absolute Gasteiger partial charge is 0.468 e. The van der Waals surface area contributed by atoms with Gasteiger partial charge in [-0.1, -0.05) is 11.6 Å². The first-order valence-electron chi connectivity index (χ1n) is 3.71. The molecule has 5 nitrogen and oxygen atoms in total. The summed E-state index contributed by atoms with van der Waals surface area (Å²) in [6, 6.07) is 4.12. The second-order valence-electron chi connectivity index (χ2n) is 2.42. The standard InChI is InChI=1S/C8H8ClNO4/c1-13-5-14-6-2-3-8(10(11)12)7(9)4-6/h2-4H,5H2,1H3. The Morgan fingerprint density at radius 1 is 1.57 bits per heavy atom. The molecule has 0 amide bonds. The number of benzene rings is 1. The van der Waals surface area contributed by atoms with Gasteiger partial charge in [0.1, 0.15) is 10.8 Å². The van der Waals surface area contributed by atoms with Crippen LogP contribution in [0.5, 0.6) is 5.75 Å². The average molecular weight is 218 g/mol. The van der Waals surface area contributed by atoms with Gasteiger partial charge in [0.15, 0.2) is 6.79 Å². The number of hydrogen-bond acceptors (Lipinski definition) is 4. The third-order valence-electron chi connectivity index (χ3n) is 1.46. The Kier molecular flexibility index (Phi) is 3.67. The van der Waals surface area contributed by atoms with Crippen molar-refractivity contribution in [2.45, 2.75) is 0 Å². The van der Waals surface area contributed by atoms with E-state index in [2.05, 4.69) is 4.74 Å². The zero-order valence-electron chi connectivity index (χ0n) is 7.40. The van der Waals surface area contributed by atoms with E-state index in [9.17, 15) is 10.1 Å². The minimum Gasteiger partial charge on any atom is -0.468 e. The minimum atomic E-state index is -0.553. The van der Waals surface area contributed by atoms with Gasteiger partial charge in [0.2, 0.25) is 0 Å². The van der Waals surface area contributed by atoms with Gasteiger partial charge < -0.3 is 9.47 Å². The van der Waals surface area contributed by atoms with Crippen molar-refractivity contribution >= 4 is 17.3 Å². The maximum atomic E-state index is 10.4. The smallest absolute Gasteiger partial charge is 0.288 e. The fraction of sp³-hybridized carbons (Fsp3) is 0.250. The molecule has 0 radical (unpaired) electrons. The lowest BCUT2D eigenvalue weighted by atomic mass is 10.3. The van der Waals surface area contributed by atoms with Crippen LogP contribution in [0.2, 0.25) is 5.02 Å². The van der Waals surface area contributed by atoms with Crippen LogP contribution in [0.1, 0.15) is 0 Å². The highest BCUT2D eigenvalue weighted by atomic mass is 35.5.